The van der Waals surface area contributed by atoms with Crippen LogP contribution in [0, 0.1) is 11.3 Å². The van der Waals surface area contributed by atoms with E-state index in [4.69, 9.17) is 11.6 Å². The van der Waals surface area contributed by atoms with Gasteiger partial charge in [0.1, 0.15) is 6.07 Å². The molecule has 1 unspecified atom stereocenters. The highest BCUT2D eigenvalue weighted by atomic mass is 35.5. The fourth-order valence-electron chi connectivity index (χ4n) is 3.58. The van der Waals surface area contributed by atoms with Crippen LogP contribution in [0.2, 0.25) is 5.02 Å². The molecule has 1 aromatic carbocycles. The Balaban J connectivity index is 1.65. The van der Waals surface area contributed by atoms with E-state index in [0.29, 0.717) is 16.6 Å². The molecule has 2 saturated heterocycles. The Morgan fingerprint density at radius 2 is 2.00 bits per heavy atom. The molecule has 1 aromatic rings. The maximum atomic E-state index is 9.32. The van der Waals surface area contributed by atoms with E-state index < -0.39 is 0 Å². The normalized spacial score (nSPS) is 23.7. The fourth-order valence-corrected chi connectivity index (χ4v) is 3.75. The lowest BCUT2D eigenvalue weighted by molar-refractivity contribution is 0.107. The van der Waals surface area contributed by atoms with Gasteiger partial charge in [0.05, 0.1) is 11.3 Å². The van der Waals surface area contributed by atoms with Crippen molar-refractivity contribution >= 4 is 17.3 Å². The van der Waals surface area contributed by atoms with Crippen LogP contribution in [0.5, 0.6) is 0 Å². The monoisotopic (exact) mass is 318 g/mol. The summed E-state index contributed by atoms with van der Waals surface area (Å²) in [6.07, 6.45) is 1.18. The topological polar surface area (TPSA) is 33.5 Å². The Morgan fingerprint density at radius 1 is 1.23 bits per heavy atom. The maximum absolute atomic E-state index is 9.32. The van der Waals surface area contributed by atoms with Gasteiger partial charge in [0.15, 0.2) is 0 Å². The highest BCUT2D eigenvalue weighted by molar-refractivity contribution is 6.30. The van der Waals surface area contributed by atoms with Crippen molar-refractivity contribution in [3.63, 3.8) is 0 Å². The molecule has 4 nitrogen and oxygen atoms in total. The standard InChI is InChI=1S/C17H23ClN4/c1-2-20-7-9-21(10-8-20)16-5-6-22(13-16)17-4-3-15(18)11-14(17)12-19/h3-4,11,16H,2,5-10,13H2,1H3. The molecule has 0 bridgehead atoms. The average molecular weight is 319 g/mol. The largest absolute Gasteiger partial charge is 0.369 e. The zero-order valence-electron chi connectivity index (χ0n) is 13.1. The van der Waals surface area contributed by atoms with Crippen LogP contribution in [0.25, 0.3) is 0 Å². The van der Waals surface area contributed by atoms with Gasteiger partial charge in [-0.15, -0.1) is 0 Å². The van der Waals surface area contributed by atoms with E-state index >= 15 is 0 Å². The average Bonchev–Trinajstić information content (AvgIpc) is 3.04. The zero-order chi connectivity index (χ0) is 15.5. The number of likely N-dealkylation sites (N-methyl/N-ethyl adjacent to an activating group) is 1. The van der Waals surface area contributed by atoms with Crippen LogP contribution in [0.1, 0.15) is 18.9 Å². The van der Waals surface area contributed by atoms with Crippen molar-refractivity contribution in [2.45, 2.75) is 19.4 Å². The summed E-state index contributed by atoms with van der Waals surface area (Å²) >= 11 is 6.00. The third kappa shape index (κ3) is 3.22. The lowest BCUT2D eigenvalue weighted by atomic mass is 10.1. The number of benzene rings is 1. The molecule has 2 heterocycles. The Bertz CT molecular complexity index is 560. The molecule has 0 N–H and O–H groups in total. The molecular weight excluding hydrogens is 296 g/mol. The minimum atomic E-state index is 0.612. The number of anilines is 1. The maximum Gasteiger partial charge on any atom is 0.101 e. The summed E-state index contributed by atoms with van der Waals surface area (Å²) in [7, 11) is 0. The van der Waals surface area contributed by atoms with Gasteiger partial charge < -0.3 is 9.80 Å². The molecule has 0 amide bonds. The van der Waals surface area contributed by atoms with Crippen LogP contribution < -0.4 is 4.90 Å². The van der Waals surface area contributed by atoms with Gasteiger partial charge in [0.2, 0.25) is 0 Å². The van der Waals surface area contributed by atoms with E-state index in [1.807, 2.05) is 12.1 Å². The van der Waals surface area contributed by atoms with E-state index in [9.17, 15) is 5.26 Å². The van der Waals surface area contributed by atoms with E-state index in [0.717, 1.165) is 38.4 Å². The quantitative estimate of drug-likeness (QED) is 0.857. The minimum absolute atomic E-state index is 0.612. The first-order valence-electron chi connectivity index (χ1n) is 8.12. The highest BCUT2D eigenvalue weighted by Crippen LogP contribution is 2.28. The molecule has 1 atom stereocenters. The Hall–Kier alpha value is -1.28. The molecule has 0 saturated carbocycles. The van der Waals surface area contributed by atoms with E-state index in [2.05, 4.69) is 27.7 Å². The first-order valence-corrected chi connectivity index (χ1v) is 8.50. The predicted octanol–water partition coefficient (Wildman–Crippen LogP) is 2.43. The smallest absolute Gasteiger partial charge is 0.101 e. The summed E-state index contributed by atoms with van der Waals surface area (Å²) in [5.74, 6) is 0. The molecule has 3 rings (SSSR count). The second-order valence-electron chi connectivity index (χ2n) is 6.13. The van der Waals surface area contributed by atoms with Crippen molar-refractivity contribution in [3.05, 3.63) is 28.8 Å². The third-order valence-corrected chi connectivity index (χ3v) is 5.19. The van der Waals surface area contributed by atoms with Gasteiger partial charge in [-0.3, -0.25) is 4.90 Å². The molecule has 0 aromatic heterocycles. The number of rotatable bonds is 3. The van der Waals surface area contributed by atoms with Gasteiger partial charge in [-0.05, 0) is 31.2 Å². The van der Waals surface area contributed by atoms with Crippen molar-refractivity contribution in [1.82, 2.24) is 9.80 Å². The number of hydrogen-bond acceptors (Lipinski definition) is 4. The number of piperazine rings is 1. The minimum Gasteiger partial charge on any atom is -0.369 e. The molecule has 0 aliphatic carbocycles. The predicted molar refractivity (Wildman–Crippen MR) is 90.5 cm³/mol. The molecule has 2 fully saturated rings. The van der Waals surface area contributed by atoms with Crippen molar-refractivity contribution in [2.24, 2.45) is 0 Å². The number of nitriles is 1. The zero-order valence-corrected chi connectivity index (χ0v) is 13.9. The van der Waals surface area contributed by atoms with E-state index in [1.54, 1.807) is 6.07 Å². The second kappa shape index (κ2) is 6.87. The van der Waals surface area contributed by atoms with E-state index in [-0.39, 0.29) is 0 Å². The lowest BCUT2D eigenvalue weighted by Crippen LogP contribution is -2.50. The molecule has 118 valence electrons. The van der Waals surface area contributed by atoms with Crippen LogP contribution in [-0.2, 0) is 0 Å². The summed E-state index contributed by atoms with van der Waals surface area (Å²) in [4.78, 5) is 7.47. The first-order chi connectivity index (χ1) is 10.7. The van der Waals surface area contributed by atoms with Gasteiger partial charge in [0.25, 0.3) is 0 Å². The molecule has 22 heavy (non-hydrogen) atoms. The van der Waals surface area contributed by atoms with Gasteiger partial charge in [0, 0.05) is 50.3 Å². The molecule has 2 aliphatic heterocycles. The summed E-state index contributed by atoms with van der Waals surface area (Å²) < 4.78 is 0. The Labute approximate surface area is 137 Å². The van der Waals surface area contributed by atoms with Crippen molar-refractivity contribution in [3.8, 4) is 6.07 Å². The molecule has 5 heteroatoms. The van der Waals surface area contributed by atoms with Crippen LogP contribution in [0.3, 0.4) is 0 Å². The van der Waals surface area contributed by atoms with Gasteiger partial charge in [-0.25, -0.2) is 0 Å². The first kappa shape index (κ1) is 15.6. The fraction of sp³-hybridized carbons (Fsp3) is 0.588. The van der Waals surface area contributed by atoms with Crippen LogP contribution in [0.15, 0.2) is 18.2 Å². The third-order valence-electron chi connectivity index (χ3n) is 4.95. The van der Waals surface area contributed by atoms with Crippen molar-refractivity contribution < 1.29 is 0 Å². The van der Waals surface area contributed by atoms with Gasteiger partial charge >= 0.3 is 0 Å². The number of halogens is 1. The number of nitrogens with zero attached hydrogens (tertiary/aromatic N) is 4. The van der Waals surface area contributed by atoms with Crippen molar-refractivity contribution in [1.29, 1.82) is 5.26 Å². The van der Waals surface area contributed by atoms with Gasteiger partial charge in [-0.2, -0.15) is 5.26 Å². The molecule has 0 spiro atoms. The molecule has 0 radical (unpaired) electrons. The molecular formula is C17H23ClN4. The van der Waals surface area contributed by atoms with Gasteiger partial charge in [-0.1, -0.05) is 18.5 Å². The van der Waals surface area contributed by atoms with Crippen LogP contribution in [-0.4, -0.2) is 61.7 Å². The SMILES string of the molecule is CCN1CCN(C2CCN(c3ccc(Cl)cc3C#N)C2)CC1. The summed E-state index contributed by atoms with van der Waals surface area (Å²) in [5.41, 5.74) is 1.71. The van der Waals surface area contributed by atoms with Crippen molar-refractivity contribution in [2.75, 3.05) is 50.7 Å². The van der Waals surface area contributed by atoms with Crippen LogP contribution in [0.4, 0.5) is 5.69 Å². The second-order valence-corrected chi connectivity index (χ2v) is 6.57. The van der Waals surface area contributed by atoms with E-state index in [1.165, 1.54) is 19.5 Å². The summed E-state index contributed by atoms with van der Waals surface area (Å²) in [6, 6.07) is 8.52. The Morgan fingerprint density at radius 3 is 2.68 bits per heavy atom. The Kier molecular flexibility index (Phi) is 4.87. The lowest BCUT2D eigenvalue weighted by Gasteiger charge is -2.37. The van der Waals surface area contributed by atoms with Crippen LogP contribution >= 0.6 is 11.6 Å². The highest BCUT2D eigenvalue weighted by Gasteiger charge is 2.30. The number of hydrogen-bond donors (Lipinski definition) is 0. The summed E-state index contributed by atoms with van der Waals surface area (Å²) in [5, 5.41) is 9.95. The molecule has 2 aliphatic rings. The summed E-state index contributed by atoms with van der Waals surface area (Å²) in [6.45, 7) is 10.1.